The van der Waals surface area contributed by atoms with Gasteiger partial charge in [0, 0.05) is 47.4 Å². The quantitative estimate of drug-likeness (QED) is 0.226. The maximum Gasteiger partial charge on any atom is 0.197 e. The number of nitrogens with zero attached hydrogens (tertiary/aromatic N) is 3. The summed E-state index contributed by atoms with van der Waals surface area (Å²) in [7, 11) is 0. The van der Waals surface area contributed by atoms with Crippen LogP contribution in [0.2, 0.25) is 0 Å². The van der Waals surface area contributed by atoms with Crippen LogP contribution in [0.3, 0.4) is 0 Å². The third kappa shape index (κ3) is 3.05. The lowest BCUT2D eigenvalue weighted by Gasteiger charge is -2.07. The van der Waals surface area contributed by atoms with E-state index in [1.54, 1.807) is 43.0 Å². The summed E-state index contributed by atoms with van der Waals surface area (Å²) >= 11 is 0. The Bertz CT molecular complexity index is 1810. The lowest BCUT2D eigenvalue weighted by atomic mass is 10.0. The highest BCUT2D eigenvalue weighted by Crippen LogP contribution is 2.35. The summed E-state index contributed by atoms with van der Waals surface area (Å²) in [4.78, 5) is 35.1. The molecular weight excluding hydrogens is 450 g/mol. The van der Waals surface area contributed by atoms with Crippen LogP contribution in [0.25, 0.3) is 45.0 Å². The summed E-state index contributed by atoms with van der Waals surface area (Å²) in [5, 5.41) is 1.86. The fraction of sp³-hybridized carbons (Fsp3) is 0. The first-order valence-electron chi connectivity index (χ1n) is 11.5. The molecule has 0 saturated heterocycles. The monoisotopic (exact) mass is 467 g/mol. The van der Waals surface area contributed by atoms with Gasteiger partial charge < -0.3 is 8.98 Å². The molecule has 4 aromatic heterocycles. The van der Waals surface area contributed by atoms with Crippen LogP contribution in [0, 0.1) is 0 Å². The van der Waals surface area contributed by atoms with Crippen LogP contribution in [0.15, 0.2) is 108 Å². The van der Waals surface area contributed by atoms with Gasteiger partial charge in [-0.3, -0.25) is 19.6 Å². The molecule has 7 rings (SSSR count). The Morgan fingerprint density at radius 3 is 2.08 bits per heavy atom. The summed E-state index contributed by atoms with van der Waals surface area (Å²) in [6, 6.07) is 22.6. The Kier molecular flexibility index (Phi) is 4.35. The van der Waals surface area contributed by atoms with Gasteiger partial charge in [0.15, 0.2) is 17.1 Å². The largest absolute Gasteiger partial charge is 0.454 e. The Morgan fingerprint density at radius 2 is 1.44 bits per heavy atom. The van der Waals surface area contributed by atoms with Crippen molar-refractivity contribution in [3.8, 4) is 17.0 Å². The molecule has 2 aromatic carbocycles. The van der Waals surface area contributed by atoms with Crippen LogP contribution in [0.1, 0.15) is 26.4 Å². The number of hydrogen-bond acceptors (Lipinski definition) is 5. The predicted octanol–water partition coefficient (Wildman–Crippen LogP) is 6.30. The molecule has 4 heterocycles. The normalized spacial score (nSPS) is 13.1. The lowest BCUT2D eigenvalue weighted by Crippen LogP contribution is -2.03. The van der Waals surface area contributed by atoms with Gasteiger partial charge in [-0.1, -0.05) is 24.3 Å². The summed E-state index contributed by atoms with van der Waals surface area (Å²) < 4.78 is 8.09. The summed E-state index contributed by atoms with van der Waals surface area (Å²) in [6.45, 7) is 0. The fourth-order valence-corrected chi connectivity index (χ4v) is 4.83. The van der Waals surface area contributed by atoms with E-state index in [2.05, 4.69) is 9.97 Å². The van der Waals surface area contributed by atoms with Gasteiger partial charge in [0.05, 0.1) is 28.7 Å². The van der Waals surface area contributed by atoms with E-state index >= 15 is 0 Å². The van der Waals surface area contributed by atoms with Crippen molar-refractivity contribution in [1.82, 2.24) is 14.5 Å². The average molecular weight is 467 g/mol. The number of rotatable bonds is 3. The van der Waals surface area contributed by atoms with E-state index in [0.29, 0.717) is 28.2 Å². The van der Waals surface area contributed by atoms with Gasteiger partial charge in [0.1, 0.15) is 5.76 Å². The van der Waals surface area contributed by atoms with Gasteiger partial charge in [-0.15, -0.1) is 0 Å². The molecule has 0 bridgehead atoms. The van der Waals surface area contributed by atoms with Crippen LogP contribution < -0.4 is 0 Å². The number of Topliss-reactive ketones (excluding diaryl/α,β-unsaturated/α-hetero) is 2. The minimum atomic E-state index is -0.271. The van der Waals surface area contributed by atoms with E-state index in [1.165, 1.54) is 0 Å². The zero-order chi connectivity index (χ0) is 24.2. The highest BCUT2D eigenvalue weighted by atomic mass is 16.3. The molecular formula is C30H17N3O3. The van der Waals surface area contributed by atoms with Crippen molar-refractivity contribution >= 4 is 39.5 Å². The van der Waals surface area contributed by atoms with Gasteiger partial charge in [-0.05, 0) is 53.2 Å². The highest BCUT2D eigenvalue weighted by molar-refractivity contribution is 6.42. The number of furan rings is 1. The third-order valence-electron chi connectivity index (χ3n) is 6.53. The summed E-state index contributed by atoms with van der Waals surface area (Å²) in [5.41, 5.74) is 4.75. The molecule has 170 valence electrons. The minimum Gasteiger partial charge on any atom is -0.454 e. The number of ketones is 2. The van der Waals surface area contributed by atoms with Crippen LogP contribution in [-0.2, 0) is 0 Å². The van der Waals surface area contributed by atoms with Crippen molar-refractivity contribution in [3.63, 3.8) is 0 Å². The maximum absolute atomic E-state index is 13.4. The van der Waals surface area contributed by atoms with Gasteiger partial charge in [-0.2, -0.15) is 0 Å². The molecule has 0 N–H and O–H groups in total. The van der Waals surface area contributed by atoms with Crippen molar-refractivity contribution in [3.05, 3.63) is 120 Å². The molecule has 6 aromatic rings. The van der Waals surface area contributed by atoms with E-state index < -0.39 is 0 Å². The van der Waals surface area contributed by atoms with E-state index in [4.69, 9.17) is 4.42 Å². The molecule has 0 aliphatic heterocycles. The predicted molar refractivity (Wildman–Crippen MR) is 137 cm³/mol. The lowest BCUT2D eigenvalue weighted by molar-refractivity contribution is 0.0990. The first-order valence-corrected chi connectivity index (χ1v) is 11.5. The van der Waals surface area contributed by atoms with Crippen LogP contribution in [0.5, 0.6) is 0 Å². The topological polar surface area (TPSA) is 78.0 Å². The molecule has 0 saturated carbocycles. The molecule has 6 nitrogen and oxygen atoms in total. The van der Waals surface area contributed by atoms with Crippen molar-refractivity contribution in [2.45, 2.75) is 0 Å². The van der Waals surface area contributed by atoms with Gasteiger partial charge >= 0.3 is 0 Å². The fourth-order valence-electron chi connectivity index (χ4n) is 4.83. The molecule has 0 spiro atoms. The van der Waals surface area contributed by atoms with E-state index in [9.17, 15) is 9.59 Å². The maximum atomic E-state index is 13.4. The molecule has 1 aliphatic carbocycles. The highest BCUT2D eigenvalue weighted by Gasteiger charge is 2.34. The van der Waals surface area contributed by atoms with Crippen molar-refractivity contribution in [2.24, 2.45) is 0 Å². The second kappa shape index (κ2) is 7.71. The van der Waals surface area contributed by atoms with Gasteiger partial charge in [0.2, 0.25) is 0 Å². The number of carbonyl (C=O) groups excluding carboxylic acids is 2. The molecule has 0 amide bonds. The Morgan fingerprint density at radius 1 is 0.750 bits per heavy atom. The van der Waals surface area contributed by atoms with Crippen molar-refractivity contribution in [2.75, 3.05) is 0 Å². The molecule has 36 heavy (non-hydrogen) atoms. The number of benzene rings is 2. The average Bonchev–Trinajstić information content (AvgIpc) is 3.55. The molecule has 1 aliphatic rings. The Labute approximate surface area is 205 Å². The molecule has 0 atom stereocenters. The first kappa shape index (κ1) is 20.3. The SMILES string of the molecule is O=C1C(=Cc2cc3oc(-c4cccnc4)cc3n2-c2cccnc2)C(=O)c2cc3ccccc3cc21. The minimum absolute atomic E-state index is 0.137. The van der Waals surface area contributed by atoms with Crippen LogP contribution in [-0.4, -0.2) is 26.1 Å². The molecule has 0 fully saturated rings. The summed E-state index contributed by atoms with van der Waals surface area (Å²) in [6.07, 6.45) is 8.54. The second-order valence-corrected chi connectivity index (χ2v) is 8.68. The number of allylic oxidation sites excluding steroid dienone is 1. The van der Waals surface area contributed by atoms with Gasteiger partial charge in [-0.25, -0.2) is 0 Å². The second-order valence-electron chi connectivity index (χ2n) is 8.68. The number of hydrogen-bond donors (Lipinski definition) is 0. The van der Waals surface area contributed by atoms with Crippen LogP contribution in [0.4, 0.5) is 0 Å². The van der Waals surface area contributed by atoms with E-state index in [-0.39, 0.29) is 17.1 Å². The number of fused-ring (bicyclic) bond motifs is 3. The van der Waals surface area contributed by atoms with Gasteiger partial charge in [0.25, 0.3) is 0 Å². The van der Waals surface area contributed by atoms with E-state index in [0.717, 1.165) is 27.5 Å². The molecule has 0 unspecified atom stereocenters. The number of pyridine rings is 2. The van der Waals surface area contributed by atoms with E-state index in [1.807, 2.05) is 65.2 Å². The smallest absolute Gasteiger partial charge is 0.197 e. The Balaban J connectivity index is 1.40. The Hall–Kier alpha value is -5.10. The first-order chi connectivity index (χ1) is 17.7. The zero-order valence-corrected chi connectivity index (χ0v) is 18.9. The third-order valence-corrected chi connectivity index (χ3v) is 6.53. The number of aromatic nitrogens is 3. The molecule has 6 heteroatoms. The standard InChI is InChI=1S/C30H17N3O3/c34-29-23-11-18-5-1-2-6-19(18)12-24(23)30(35)25(29)13-22-14-28-26(33(22)21-8-4-10-32-17-21)15-27(36-28)20-7-3-9-31-16-20/h1-17H. The zero-order valence-electron chi connectivity index (χ0n) is 18.9. The number of carbonyl (C=O) groups is 2. The van der Waals surface area contributed by atoms with Crippen molar-refractivity contribution < 1.29 is 14.0 Å². The summed E-state index contributed by atoms with van der Waals surface area (Å²) in [5.74, 6) is 0.136. The van der Waals surface area contributed by atoms with Crippen molar-refractivity contribution in [1.29, 1.82) is 0 Å². The molecule has 0 radical (unpaired) electrons. The van der Waals surface area contributed by atoms with Crippen LogP contribution >= 0.6 is 0 Å².